The first-order valence-electron chi connectivity index (χ1n) is 7.80. The third-order valence-electron chi connectivity index (χ3n) is 2.91. The van der Waals surface area contributed by atoms with Gasteiger partial charge in [-0.05, 0) is 5.92 Å². The first-order chi connectivity index (χ1) is 10.3. The summed E-state index contributed by atoms with van der Waals surface area (Å²) in [5, 5.41) is 6.37. The molecular formula is C16H31IN4O2. The van der Waals surface area contributed by atoms with E-state index in [0.29, 0.717) is 37.5 Å². The molecule has 0 saturated carbocycles. The van der Waals surface area contributed by atoms with Crippen LogP contribution in [0.5, 0.6) is 0 Å². The quantitative estimate of drug-likeness (QED) is 0.297. The highest BCUT2D eigenvalue weighted by Crippen LogP contribution is 2.22. The SMILES string of the molecule is CN=C(NCCOCC(C)C)NCc1ncc(C(C)(C)C)o1.I. The number of ether oxygens (including phenoxy) is 1. The van der Waals surface area contributed by atoms with E-state index in [1.807, 2.05) is 0 Å². The van der Waals surface area contributed by atoms with Gasteiger partial charge in [0.25, 0.3) is 0 Å². The minimum Gasteiger partial charge on any atom is -0.443 e. The normalized spacial score (nSPS) is 12.2. The maximum atomic E-state index is 5.73. The van der Waals surface area contributed by atoms with Crippen LogP contribution in [0, 0.1) is 5.92 Å². The number of rotatable bonds is 7. The van der Waals surface area contributed by atoms with Crippen molar-refractivity contribution in [3.63, 3.8) is 0 Å². The molecule has 0 aromatic carbocycles. The van der Waals surface area contributed by atoms with Crippen molar-refractivity contribution < 1.29 is 9.15 Å². The molecule has 0 amide bonds. The monoisotopic (exact) mass is 438 g/mol. The number of hydrogen-bond acceptors (Lipinski definition) is 4. The highest BCUT2D eigenvalue weighted by Gasteiger charge is 2.19. The van der Waals surface area contributed by atoms with E-state index in [-0.39, 0.29) is 29.4 Å². The Morgan fingerprint density at radius 1 is 1.35 bits per heavy atom. The topological polar surface area (TPSA) is 71.7 Å². The molecule has 134 valence electrons. The van der Waals surface area contributed by atoms with Gasteiger partial charge in [0.15, 0.2) is 5.96 Å². The largest absolute Gasteiger partial charge is 0.443 e. The maximum absolute atomic E-state index is 5.73. The van der Waals surface area contributed by atoms with Gasteiger partial charge in [0.05, 0.1) is 19.3 Å². The van der Waals surface area contributed by atoms with Crippen LogP contribution in [0.15, 0.2) is 15.6 Å². The fourth-order valence-electron chi connectivity index (χ4n) is 1.68. The zero-order valence-electron chi connectivity index (χ0n) is 15.1. The zero-order valence-corrected chi connectivity index (χ0v) is 17.4. The number of nitrogens with one attached hydrogen (secondary N) is 2. The lowest BCUT2D eigenvalue weighted by atomic mass is 9.94. The molecule has 1 heterocycles. The van der Waals surface area contributed by atoms with Gasteiger partial charge in [0, 0.05) is 25.6 Å². The molecule has 6 nitrogen and oxygen atoms in total. The molecular weight excluding hydrogens is 407 g/mol. The van der Waals surface area contributed by atoms with Crippen LogP contribution in [-0.4, -0.2) is 37.7 Å². The first kappa shape index (κ1) is 22.2. The maximum Gasteiger partial charge on any atom is 0.213 e. The van der Waals surface area contributed by atoms with Crippen LogP contribution < -0.4 is 10.6 Å². The summed E-state index contributed by atoms with van der Waals surface area (Å²) in [7, 11) is 1.74. The molecule has 0 aliphatic rings. The lowest BCUT2D eigenvalue weighted by Crippen LogP contribution is -2.38. The molecule has 0 bridgehead atoms. The summed E-state index contributed by atoms with van der Waals surface area (Å²) >= 11 is 0. The third-order valence-corrected chi connectivity index (χ3v) is 2.91. The Hall–Kier alpha value is -0.830. The van der Waals surface area contributed by atoms with Gasteiger partial charge in [0.2, 0.25) is 5.89 Å². The van der Waals surface area contributed by atoms with Gasteiger partial charge in [0.1, 0.15) is 5.76 Å². The Kier molecular flexibility index (Phi) is 10.5. The highest BCUT2D eigenvalue weighted by molar-refractivity contribution is 14.0. The predicted molar refractivity (Wildman–Crippen MR) is 104 cm³/mol. The van der Waals surface area contributed by atoms with E-state index in [2.05, 4.69) is 55.2 Å². The van der Waals surface area contributed by atoms with Crippen molar-refractivity contribution >= 4 is 29.9 Å². The van der Waals surface area contributed by atoms with Crippen molar-refractivity contribution in [1.82, 2.24) is 15.6 Å². The van der Waals surface area contributed by atoms with E-state index in [0.717, 1.165) is 12.4 Å². The van der Waals surface area contributed by atoms with Gasteiger partial charge >= 0.3 is 0 Å². The number of oxazole rings is 1. The molecule has 7 heteroatoms. The smallest absolute Gasteiger partial charge is 0.213 e. The first-order valence-corrected chi connectivity index (χ1v) is 7.80. The molecule has 0 aliphatic carbocycles. The Morgan fingerprint density at radius 2 is 2.04 bits per heavy atom. The molecule has 1 aromatic heterocycles. The van der Waals surface area contributed by atoms with E-state index in [4.69, 9.17) is 9.15 Å². The van der Waals surface area contributed by atoms with Gasteiger partial charge < -0.3 is 19.8 Å². The van der Waals surface area contributed by atoms with Crippen molar-refractivity contribution in [2.24, 2.45) is 10.9 Å². The van der Waals surface area contributed by atoms with Crippen molar-refractivity contribution in [2.75, 3.05) is 26.8 Å². The second-order valence-electron chi connectivity index (χ2n) is 6.69. The molecule has 1 rings (SSSR count). The minimum atomic E-state index is -0.0288. The standard InChI is InChI=1S/C16H30N4O2.HI/c1-12(2)11-21-8-7-18-15(17-6)20-10-14-19-9-13(22-14)16(3,4)5;/h9,12H,7-8,10-11H2,1-6H3,(H2,17,18,20);1H. The van der Waals surface area contributed by atoms with Crippen LogP contribution in [0.25, 0.3) is 0 Å². The fraction of sp³-hybridized carbons (Fsp3) is 0.750. The fourth-order valence-corrected chi connectivity index (χ4v) is 1.68. The van der Waals surface area contributed by atoms with Crippen molar-refractivity contribution in [3.8, 4) is 0 Å². The average molecular weight is 438 g/mol. The van der Waals surface area contributed by atoms with Crippen LogP contribution in [0.4, 0.5) is 0 Å². The van der Waals surface area contributed by atoms with Crippen LogP contribution >= 0.6 is 24.0 Å². The van der Waals surface area contributed by atoms with Crippen LogP contribution in [0.1, 0.15) is 46.3 Å². The van der Waals surface area contributed by atoms with Gasteiger partial charge in [-0.15, -0.1) is 24.0 Å². The average Bonchev–Trinajstić information content (AvgIpc) is 2.90. The van der Waals surface area contributed by atoms with Gasteiger partial charge in [-0.2, -0.15) is 0 Å². The predicted octanol–water partition coefficient (Wildman–Crippen LogP) is 2.93. The number of hydrogen-bond donors (Lipinski definition) is 2. The number of aromatic nitrogens is 1. The Bertz CT molecular complexity index is 467. The molecule has 0 fully saturated rings. The minimum absolute atomic E-state index is 0. The lowest BCUT2D eigenvalue weighted by molar-refractivity contribution is 0.114. The van der Waals surface area contributed by atoms with E-state index in [1.54, 1.807) is 13.2 Å². The summed E-state index contributed by atoms with van der Waals surface area (Å²) in [6.45, 7) is 13.2. The number of guanidine groups is 1. The Labute approximate surface area is 156 Å². The molecule has 2 N–H and O–H groups in total. The molecule has 0 aliphatic heterocycles. The zero-order chi connectivity index (χ0) is 16.6. The van der Waals surface area contributed by atoms with Gasteiger partial charge in [-0.3, -0.25) is 4.99 Å². The van der Waals surface area contributed by atoms with Gasteiger partial charge in [-0.25, -0.2) is 4.98 Å². The Balaban J connectivity index is 0.00000484. The Morgan fingerprint density at radius 3 is 2.57 bits per heavy atom. The summed E-state index contributed by atoms with van der Waals surface area (Å²) in [5.74, 6) is 2.81. The summed E-state index contributed by atoms with van der Waals surface area (Å²) < 4.78 is 11.2. The van der Waals surface area contributed by atoms with Gasteiger partial charge in [-0.1, -0.05) is 34.6 Å². The molecule has 0 spiro atoms. The highest BCUT2D eigenvalue weighted by atomic mass is 127. The van der Waals surface area contributed by atoms with Crippen LogP contribution in [0.3, 0.4) is 0 Å². The molecule has 0 saturated heterocycles. The second-order valence-corrected chi connectivity index (χ2v) is 6.69. The van der Waals surface area contributed by atoms with Crippen molar-refractivity contribution in [1.29, 1.82) is 0 Å². The molecule has 0 radical (unpaired) electrons. The molecule has 0 unspecified atom stereocenters. The summed E-state index contributed by atoms with van der Waals surface area (Å²) in [5.41, 5.74) is -0.0288. The molecule has 0 atom stereocenters. The molecule has 1 aromatic rings. The lowest BCUT2D eigenvalue weighted by Gasteiger charge is -2.13. The van der Waals surface area contributed by atoms with Crippen molar-refractivity contribution in [2.45, 2.75) is 46.6 Å². The number of aliphatic imine (C=N–C) groups is 1. The number of nitrogens with zero attached hydrogens (tertiary/aromatic N) is 2. The second kappa shape index (κ2) is 10.9. The molecule has 23 heavy (non-hydrogen) atoms. The van der Waals surface area contributed by atoms with E-state index >= 15 is 0 Å². The number of halogens is 1. The summed E-state index contributed by atoms with van der Waals surface area (Å²) in [6.07, 6.45) is 1.78. The van der Waals surface area contributed by atoms with Crippen LogP contribution in [0.2, 0.25) is 0 Å². The summed E-state index contributed by atoms with van der Waals surface area (Å²) in [6, 6.07) is 0. The third kappa shape index (κ3) is 9.14. The van der Waals surface area contributed by atoms with Crippen LogP contribution in [-0.2, 0) is 16.7 Å². The van der Waals surface area contributed by atoms with Crippen molar-refractivity contribution in [3.05, 3.63) is 17.8 Å². The van der Waals surface area contributed by atoms with E-state index < -0.39 is 0 Å². The summed E-state index contributed by atoms with van der Waals surface area (Å²) in [4.78, 5) is 8.44. The van der Waals surface area contributed by atoms with E-state index in [1.165, 1.54) is 0 Å². The van der Waals surface area contributed by atoms with E-state index in [9.17, 15) is 0 Å².